The van der Waals surface area contributed by atoms with Crippen LogP contribution in [0.25, 0.3) is 0 Å². The molecule has 0 saturated carbocycles. The molecule has 0 amide bonds. The molecule has 1 aromatic heterocycles. The molecule has 0 aliphatic carbocycles. The molecule has 0 radical (unpaired) electrons. The van der Waals surface area contributed by atoms with Crippen molar-refractivity contribution in [3.63, 3.8) is 0 Å². The third-order valence-electron chi connectivity index (χ3n) is 5.75. The molecule has 2 aromatic rings. The van der Waals surface area contributed by atoms with E-state index in [1.54, 1.807) is 12.4 Å². The minimum Gasteiger partial charge on any atom is -0.363 e. The Bertz CT molecular complexity index is 1010. The molecule has 2 heterocycles. The Balaban J connectivity index is 2.08. The van der Waals surface area contributed by atoms with E-state index in [4.69, 9.17) is 4.99 Å². The molecule has 3 rings (SSSR count). The van der Waals surface area contributed by atoms with Crippen LogP contribution in [0, 0.1) is 5.82 Å². The molecule has 1 aromatic carbocycles. The Labute approximate surface area is 197 Å². The highest BCUT2D eigenvalue weighted by Gasteiger charge is 2.33. The van der Waals surface area contributed by atoms with Crippen molar-refractivity contribution in [2.45, 2.75) is 46.7 Å². The molecule has 1 aliphatic heterocycles. The van der Waals surface area contributed by atoms with Gasteiger partial charge in [-0.1, -0.05) is 38.6 Å². The van der Waals surface area contributed by atoms with Crippen molar-refractivity contribution in [3.05, 3.63) is 102 Å². The SMILES string of the molecule is C=C1C(N(CC)Cc2ccc(F)cc2)=C(/N=C/C)N(Cc2ccncc2)C(=C)N1CCCC. The number of aromatic nitrogens is 1. The highest BCUT2D eigenvalue weighted by Crippen LogP contribution is 2.37. The Morgan fingerprint density at radius 1 is 1.03 bits per heavy atom. The van der Waals surface area contributed by atoms with Crippen LogP contribution < -0.4 is 0 Å². The third-order valence-corrected chi connectivity index (χ3v) is 5.75. The minimum atomic E-state index is -0.232. The number of halogens is 1. The van der Waals surface area contributed by atoms with E-state index in [1.807, 2.05) is 37.4 Å². The zero-order valence-electron chi connectivity index (χ0n) is 20.0. The third kappa shape index (κ3) is 5.69. The standard InChI is InChI=1S/C27H34FN5/c1-6-9-18-32-21(4)26(31(8-3)19-23-10-12-25(28)13-11-23)27(30-7-2)33(22(32)5)20-24-14-16-29-17-15-24/h7,10-17H,4-6,8-9,18-20H2,1-3H3/b30-7+. The fraction of sp³-hybridized carbons (Fsp3) is 0.333. The van der Waals surface area contributed by atoms with Gasteiger partial charge in [0.25, 0.3) is 0 Å². The van der Waals surface area contributed by atoms with Crippen LogP contribution in [-0.2, 0) is 13.1 Å². The minimum absolute atomic E-state index is 0.232. The van der Waals surface area contributed by atoms with Gasteiger partial charge in [0.2, 0.25) is 0 Å². The molecule has 0 fully saturated rings. The summed E-state index contributed by atoms with van der Waals surface area (Å²) < 4.78 is 13.5. The maximum absolute atomic E-state index is 13.5. The molecule has 0 spiro atoms. The van der Waals surface area contributed by atoms with E-state index < -0.39 is 0 Å². The van der Waals surface area contributed by atoms with Crippen LogP contribution in [0.1, 0.15) is 44.7 Å². The van der Waals surface area contributed by atoms with Gasteiger partial charge in [-0.3, -0.25) is 4.98 Å². The number of unbranched alkanes of at least 4 members (excludes halogenated alkanes) is 1. The number of aliphatic imine (C=N–C) groups is 1. The number of nitrogens with zero attached hydrogens (tertiary/aromatic N) is 5. The van der Waals surface area contributed by atoms with Gasteiger partial charge in [-0.2, -0.15) is 0 Å². The largest absolute Gasteiger partial charge is 0.363 e. The van der Waals surface area contributed by atoms with Gasteiger partial charge >= 0.3 is 0 Å². The molecule has 33 heavy (non-hydrogen) atoms. The predicted molar refractivity (Wildman–Crippen MR) is 133 cm³/mol. The quantitative estimate of drug-likeness (QED) is 0.425. The van der Waals surface area contributed by atoms with Crippen LogP contribution in [0.5, 0.6) is 0 Å². The topological polar surface area (TPSA) is 35.0 Å². The van der Waals surface area contributed by atoms with Gasteiger partial charge in [0, 0.05) is 38.2 Å². The lowest BCUT2D eigenvalue weighted by atomic mass is 10.1. The smallest absolute Gasteiger partial charge is 0.159 e. The van der Waals surface area contributed by atoms with E-state index in [0.29, 0.717) is 13.1 Å². The first-order valence-electron chi connectivity index (χ1n) is 11.5. The van der Waals surface area contributed by atoms with Gasteiger partial charge in [0.15, 0.2) is 5.82 Å². The molecule has 0 N–H and O–H groups in total. The fourth-order valence-corrected chi connectivity index (χ4v) is 3.96. The molecule has 5 nitrogen and oxygen atoms in total. The van der Waals surface area contributed by atoms with E-state index >= 15 is 0 Å². The molecule has 0 atom stereocenters. The lowest BCUT2D eigenvalue weighted by molar-refractivity contribution is 0.218. The molecule has 6 heteroatoms. The zero-order valence-corrected chi connectivity index (χ0v) is 20.0. The maximum atomic E-state index is 13.5. The van der Waals surface area contributed by atoms with Crippen molar-refractivity contribution in [1.29, 1.82) is 0 Å². The molecule has 174 valence electrons. The first-order valence-corrected chi connectivity index (χ1v) is 11.5. The van der Waals surface area contributed by atoms with Gasteiger partial charge in [-0.05, 0) is 55.7 Å². The second-order valence-electron chi connectivity index (χ2n) is 8.01. The second-order valence-corrected chi connectivity index (χ2v) is 8.01. The van der Waals surface area contributed by atoms with E-state index in [2.05, 4.69) is 46.7 Å². The summed E-state index contributed by atoms with van der Waals surface area (Å²) in [6.07, 6.45) is 7.52. The summed E-state index contributed by atoms with van der Waals surface area (Å²) in [5.74, 6) is 1.46. The van der Waals surface area contributed by atoms with Gasteiger partial charge in [0.05, 0.1) is 12.2 Å². The average Bonchev–Trinajstić information content (AvgIpc) is 2.83. The average molecular weight is 448 g/mol. The molecular formula is C27H34FN5. The van der Waals surface area contributed by atoms with Gasteiger partial charge in [0.1, 0.15) is 17.3 Å². The van der Waals surface area contributed by atoms with E-state index in [1.165, 1.54) is 12.1 Å². The molecule has 1 aliphatic rings. The molecular weight excluding hydrogens is 413 g/mol. The number of hydrogen-bond acceptors (Lipinski definition) is 5. The number of likely N-dealkylation sites (N-methyl/N-ethyl adjacent to an activating group) is 1. The van der Waals surface area contributed by atoms with Crippen molar-refractivity contribution in [1.82, 2.24) is 19.7 Å². The van der Waals surface area contributed by atoms with E-state index in [-0.39, 0.29) is 5.82 Å². The highest BCUT2D eigenvalue weighted by atomic mass is 19.1. The number of benzene rings is 1. The number of pyridine rings is 1. The summed E-state index contributed by atoms with van der Waals surface area (Å²) in [4.78, 5) is 15.5. The summed E-state index contributed by atoms with van der Waals surface area (Å²) >= 11 is 0. The van der Waals surface area contributed by atoms with Crippen LogP contribution in [0.15, 0.2) is 90.0 Å². The zero-order chi connectivity index (χ0) is 23.8. The van der Waals surface area contributed by atoms with E-state index in [9.17, 15) is 4.39 Å². The highest BCUT2D eigenvalue weighted by molar-refractivity contribution is 5.57. The van der Waals surface area contributed by atoms with Gasteiger partial charge in [-0.25, -0.2) is 9.38 Å². The molecule has 0 saturated heterocycles. The van der Waals surface area contributed by atoms with Crippen LogP contribution >= 0.6 is 0 Å². The van der Waals surface area contributed by atoms with Gasteiger partial charge < -0.3 is 14.7 Å². The Kier molecular flexibility index (Phi) is 8.41. The number of hydrogen-bond donors (Lipinski definition) is 0. The summed E-state index contributed by atoms with van der Waals surface area (Å²) in [6.45, 7) is 18.0. The summed E-state index contributed by atoms with van der Waals surface area (Å²) in [5, 5.41) is 0. The van der Waals surface area contributed by atoms with Crippen molar-refractivity contribution >= 4 is 6.21 Å². The maximum Gasteiger partial charge on any atom is 0.159 e. The van der Waals surface area contributed by atoms with Crippen molar-refractivity contribution < 1.29 is 4.39 Å². The first-order chi connectivity index (χ1) is 16.0. The van der Waals surface area contributed by atoms with Gasteiger partial charge in [-0.15, -0.1) is 0 Å². The molecule has 0 bridgehead atoms. The Hall–Kier alpha value is -3.41. The normalized spacial score (nSPS) is 14.5. The van der Waals surface area contributed by atoms with E-state index in [0.717, 1.165) is 60.1 Å². The van der Waals surface area contributed by atoms with Crippen LogP contribution in [-0.4, -0.2) is 39.0 Å². The molecule has 0 unspecified atom stereocenters. The fourth-order valence-electron chi connectivity index (χ4n) is 3.96. The Morgan fingerprint density at radius 2 is 1.73 bits per heavy atom. The summed E-state index contributed by atoms with van der Waals surface area (Å²) in [5.41, 5.74) is 4.02. The van der Waals surface area contributed by atoms with Crippen LogP contribution in [0.3, 0.4) is 0 Å². The summed E-state index contributed by atoms with van der Waals surface area (Å²) in [6, 6.07) is 10.7. The number of rotatable bonds is 10. The van der Waals surface area contributed by atoms with Crippen molar-refractivity contribution in [2.24, 2.45) is 4.99 Å². The predicted octanol–water partition coefficient (Wildman–Crippen LogP) is 5.91. The van der Waals surface area contributed by atoms with Crippen molar-refractivity contribution in [2.75, 3.05) is 13.1 Å². The van der Waals surface area contributed by atoms with Crippen molar-refractivity contribution in [3.8, 4) is 0 Å². The Morgan fingerprint density at radius 3 is 2.33 bits per heavy atom. The lowest BCUT2D eigenvalue weighted by Crippen LogP contribution is -2.43. The summed E-state index contributed by atoms with van der Waals surface area (Å²) in [7, 11) is 0. The first kappa shape index (κ1) is 24.2. The van der Waals surface area contributed by atoms with Crippen LogP contribution in [0.4, 0.5) is 4.39 Å². The monoisotopic (exact) mass is 447 g/mol. The van der Waals surface area contributed by atoms with Crippen LogP contribution in [0.2, 0.25) is 0 Å². The second kappa shape index (κ2) is 11.5. The lowest BCUT2D eigenvalue weighted by Gasteiger charge is -2.45.